The van der Waals surface area contributed by atoms with Crippen LogP contribution in [0.2, 0.25) is 0 Å². The number of ether oxygens (including phenoxy) is 1. The van der Waals surface area contributed by atoms with E-state index < -0.39 is 0 Å². The third-order valence-electron chi connectivity index (χ3n) is 2.88. The Morgan fingerprint density at radius 3 is 2.53 bits per heavy atom. The van der Waals surface area contributed by atoms with Crippen molar-refractivity contribution < 1.29 is 9.53 Å². The van der Waals surface area contributed by atoms with Crippen molar-refractivity contribution >= 4 is 30.7 Å². The minimum atomic E-state index is 0. The van der Waals surface area contributed by atoms with E-state index in [1.807, 2.05) is 4.90 Å². The molecule has 0 saturated carbocycles. The van der Waals surface area contributed by atoms with Gasteiger partial charge in [0, 0.05) is 39.3 Å². The van der Waals surface area contributed by atoms with Gasteiger partial charge in [0.1, 0.15) is 0 Å². The summed E-state index contributed by atoms with van der Waals surface area (Å²) in [4.78, 5) is 15.6. The molecule has 1 aliphatic rings. The normalized spacial score (nSPS) is 20.4. The molecule has 17 heavy (non-hydrogen) atoms. The molecule has 0 radical (unpaired) electrons. The molecule has 0 aliphatic carbocycles. The first-order chi connectivity index (χ1) is 7.19. The highest BCUT2D eigenvalue weighted by Gasteiger charge is 2.25. The molecule has 7 heteroatoms. The van der Waals surface area contributed by atoms with Crippen LogP contribution in [0.15, 0.2) is 0 Å². The summed E-state index contributed by atoms with van der Waals surface area (Å²) in [5.74, 6) is 0.0493. The van der Waals surface area contributed by atoms with E-state index in [2.05, 4.69) is 11.8 Å². The minimum Gasteiger partial charge on any atom is -0.383 e. The molecule has 1 amide bonds. The number of piperazine rings is 1. The summed E-state index contributed by atoms with van der Waals surface area (Å²) in [7, 11) is 1.71. The molecule has 1 rings (SSSR count). The minimum absolute atomic E-state index is 0. The Morgan fingerprint density at radius 1 is 1.41 bits per heavy atom. The first-order valence-electron chi connectivity index (χ1n) is 5.40. The molecule has 1 aliphatic heterocycles. The lowest BCUT2D eigenvalue weighted by Gasteiger charge is -2.39. The van der Waals surface area contributed by atoms with Crippen molar-refractivity contribution in [1.82, 2.24) is 9.80 Å². The fourth-order valence-corrected chi connectivity index (χ4v) is 1.89. The molecule has 0 aromatic carbocycles. The highest BCUT2D eigenvalue weighted by molar-refractivity contribution is 5.85. The fourth-order valence-electron chi connectivity index (χ4n) is 1.89. The van der Waals surface area contributed by atoms with Gasteiger partial charge in [0.05, 0.1) is 13.2 Å². The lowest BCUT2D eigenvalue weighted by Crippen LogP contribution is -2.55. The van der Waals surface area contributed by atoms with Crippen LogP contribution in [0.3, 0.4) is 0 Å². The van der Waals surface area contributed by atoms with E-state index in [1.54, 1.807) is 7.11 Å². The van der Waals surface area contributed by atoms with Crippen molar-refractivity contribution in [2.24, 2.45) is 5.73 Å². The molecular formula is C10H23Cl2N3O2. The Balaban J connectivity index is 0. The van der Waals surface area contributed by atoms with Gasteiger partial charge < -0.3 is 15.4 Å². The number of halogens is 2. The molecular weight excluding hydrogens is 265 g/mol. The van der Waals surface area contributed by atoms with E-state index in [0.29, 0.717) is 6.04 Å². The second-order valence-electron chi connectivity index (χ2n) is 3.92. The molecule has 1 saturated heterocycles. The smallest absolute Gasteiger partial charge is 0.236 e. The average molecular weight is 288 g/mol. The highest BCUT2D eigenvalue weighted by Crippen LogP contribution is 2.08. The van der Waals surface area contributed by atoms with Crippen molar-refractivity contribution in [1.29, 1.82) is 0 Å². The molecule has 0 bridgehead atoms. The second-order valence-corrected chi connectivity index (χ2v) is 3.92. The third kappa shape index (κ3) is 5.88. The van der Waals surface area contributed by atoms with Gasteiger partial charge in [0.15, 0.2) is 0 Å². The van der Waals surface area contributed by atoms with Crippen molar-refractivity contribution in [3.8, 4) is 0 Å². The SMILES string of the molecule is COCCN1CCN(C(=O)CN)CC1C.Cl.Cl. The second kappa shape index (κ2) is 9.91. The van der Waals surface area contributed by atoms with Crippen molar-refractivity contribution in [2.45, 2.75) is 13.0 Å². The number of nitrogens with two attached hydrogens (primary N) is 1. The van der Waals surface area contributed by atoms with Gasteiger partial charge in [-0.3, -0.25) is 9.69 Å². The maximum absolute atomic E-state index is 11.4. The summed E-state index contributed by atoms with van der Waals surface area (Å²) in [5.41, 5.74) is 5.34. The summed E-state index contributed by atoms with van der Waals surface area (Å²) < 4.78 is 5.05. The molecule has 104 valence electrons. The van der Waals surface area contributed by atoms with Crippen LogP contribution in [0.5, 0.6) is 0 Å². The maximum Gasteiger partial charge on any atom is 0.236 e. The van der Waals surface area contributed by atoms with Crippen molar-refractivity contribution in [3.63, 3.8) is 0 Å². The summed E-state index contributed by atoms with van der Waals surface area (Å²) in [5, 5.41) is 0. The molecule has 0 aromatic heterocycles. The van der Waals surface area contributed by atoms with Gasteiger partial charge >= 0.3 is 0 Å². The standard InChI is InChI=1S/C10H21N3O2.2ClH/c1-9-8-13(10(14)7-11)4-3-12(9)5-6-15-2;;/h9H,3-8,11H2,1-2H3;2*1H. The summed E-state index contributed by atoms with van der Waals surface area (Å²) in [6.07, 6.45) is 0. The number of rotatable bonds is 4. The van der Waals surface area contributed by atoms with Crippen molar-refractivity contribution in [2.75, 3.05) is 46.4 Å². The Morgan fingerprint density at radius 2 is 2.06 bits per heavy atom. The van der Waals surface area contributed by atoms with Crippen LogP contribution in [0.1, 0.15) is 6.92 Å². The molecule has 5 nitrogen and oxygen atoms in total. The number of hydrogen-bond donors (Lipinski definition) is 1. The zero-order chi connectivity index (χ0) is 11.3. The third-order valence-corrected chi connectivity index (χ3v) is 2.88. The van der Waals surface area contributed by atoms with Crippen LogP contribution in [0, 0.1) is 0 Å². The fraction of sp³-hybridized carbons (Fsp3) is 0.900. The van der Waals surface area contributed by atoms with Gasteiger partial charge in [-0.25, -0.2) is 0 Å². The van der Waals surface area contributed by atoms with E-state index in [-0.39, 0.29) is 37.3 Å². The number of carbonyl (C=O) groups excluding carboxylic acids is 1. The number of amides is 1. The molecule has 1 unspecified atom stereocenters. The van der Waals surface area contributed by atoms with Gasteiger partial charge in [-0.1, -0.05) is 0 Å². The van der Waals surface area contributed by atoms with Gasteiger partial charge in [0.2, 0.25) is 5.91 Å². The van der Waals surface area contributed by atoms with Crippen LogP contribution in [0.4, 0.5) is 0 Å². The Kier molecular flexibility index (Phi) is 11.2. The number of hydrogen-bond acceptors (Lipinski definition) is 4. The van der Waals surface area contributed by atoms with Gasteiger partial charge in [-0.15, -0.1) is 24.8 Å². The monoisotopic (exact) mass is 287 g/mol. The Labute approximate surface area is 115 Å². The van der Waals surface area contributed by atoms with Crippen LogP contribution >= 0.6 is 24.8 Å². The molecule has 0 spiro atoms. The predicted octanol–water partition coefficient (Wildman–Crippen LogP) is -0.0322. The topological polar surface area (TPSA) is 58.8 Å². The Hall–Kier alpha value is -0.0700. The molecule has 1 atom stereocenters. The first-order valence-corrected chi connectivity index (χ1v) is 5.40. The van der Waals surface area contributed by atoms with E-state index in [0.717, 1.165) is 32.8 Å². The summed E-state index contributed by atoms with van der Waals surface area (Å²) in [6, 6.07) is 0.393. The van der Waals surface area contributed by atoms with E-state index in [4.69, 9.17) is 10.5 Å². The first kappa shape index (κ1) is 19.3. The molecule has 1 heterocycles. The lowest BCUT2D eigenvalue weighted by molar-refractivity contribution is -0.132. The van der Waals surface area contributed by atoms with Crippen molar-refractivity contribution in [3.05, 3.63) is 0 Å². The van der Waals surface area contributed by atoms with Gasteiger partial charge in [-0.05, 0) is 6.92 Å². The molecule has 1 fully saturated rings. The van der Waals surface area contributed by atoms with E-state index in [9.17, 15) is 4.79 Å². The zero-order valence-corrected chi connectivity index (χ0v) is 12.1. The maximum atomic E-state index is 11.4. The number of nitrogens with zero attached hydrogens (tertiary/aromatic N) is 2. The van der Waals surface area contributed by atoms with Crippen LogP contribution in [-0.4, -0.2) is 68.2 Å². The van der Waals surface area contributed by atoms with Crippen LogP contribution in [0.25, 0.3) is 0 Å². The van der Waals surface area contributed by atoms with E-state index in [1.165, 1.54) is 0 Å². The largest absolute Gasteiger partial charge is 0.383 e. The predicted molar refractivity (Wildman–Crippen MR) is 73.0 cm³/mol. The van der Waals surface area contributed by atoms with Crippen LogP contribution in [-0.2, 0) is 9.53 Å². The van der Waals surface area contributed by atoms with Crippen LogP contribution < -0.4 is 5.73 Å². The van der Waals surface area contributed by atoms with Gasteiger partial charge in [0.25, 0.3) is 0 Å². The van der Waals surface area contributed by atoms with Gasteiger partial charge in [-0.2, -0.15) is 0 Å². The molecule has 0 aromatic rings. The number of methoxy groups -OCH3 is 1. The quantitative estimate of drug-likeness (QED) is 0.789. The molecule has 2 N–H and O–H groups in total. The number of carbonyl (C=O) groups is 1. The Bertz CT molecular complexity index is 220. The zero-order valence-electron chi connectivity index (χ0n) is 10.4. The summed E-state index contributed by atoms with van der Waals surface area (Å²) >= 11 is 0. The summed E-state index contributed by atoms with van der Waals surface area (Å²) in [6.45, 7) is 6.40. The average Bonchev–Trinajstić information content (AvgIpc) is 2.26. The highest BCUT2D eigenvalue weighted by atomic mass is 35.5. The van der Waals surface area contributed by atoms with E-state index >= 15 is 0 Å². The lowest BCUT2D eigenvalue weighted by atomic mass is 10.2.